The zero-order valence-corrected chi connectivity index (χ0v) is 17.2. The Morgan fingerprint density at radius 1 is 1.15 bits per heavy atom. The highest BCUT2D eigenvalue weighted by molar-refractivity contribution is 9.10. The third kappa shape index (κ3) is 3.77. The fraction of sp³-hybridized carbons (Fsp3) is 0.278. The van der Waals surface area contributed by atoms with Gasteiger partial charge in [0.2, 0.25) is 0 Å². The maximum absolute atomic E-state index is 14.6. The van der Waals surface area contributed by atoms with E-state index in [4.69, 9.17) is 0 Å². The number of anilines is 1. The summed E-state index contributed by atoms with van der Waals surface area (Å²) in [5, 5.41) is 0.518. The van der Waals surface area contributed by atoms with Crippen LogP contribution in [0.15, 0.2) is 51.9 Å². The average Bonchev–Trinajstić information content (AvgIpc) is 3.06. The van der Waals surface area contributed by atoms with Gasteiger partial charge in [-0.25, -0.2) is 17.2 Å². The van der Waals surface area contributed by atoms with Gasteiger partial charge in [-0.1, -0.05) is 45.9 Å². The quantitative estimate of drug-likeness (QED) is 0.677. The molecule has 4 nitrogen and oxygen atoms in total. The van der Waals surface area contributed by atoms with Crippen LogP contribution >= 0.6 is 27.7 Å². The van der Waals surface area contributed by atoms with Gasteiger partial charge in [-0.3, -0.25) is 4.99 Å². The van der Waals surface area contributed by atoms with Crippen molar-refractivity contribution >= 4 is 48.4 Å². The fourth-order valence-electron chi connectivity index (χ4n) is 3.35. The van der Waals surface area contributed by atoms with Crippen molar-refractivity contribution in [2.45, 2.75) is 17.8 Å². The van der Waals surface area contributed by atoms with Crippen LogP contribution in [0.1, 0.15) is 5.56 Å². The third-order valence-corrected chi connectivity index (χ3v) is 7.80. The number of hydrogen-bond acceptors (Lipinski definition) is 5. The summed E-state index contributed by atoms with van der Waals surface area (Å²) in [5.74, 6) is -0.565. The Morgan fingerprint density at radius 2 is 1.93 bits per heavy atom. The second-order valence-electron chi connectivity index (χ2n) is 6.47. The summed E-state index contributed by atoms with van der Waals surface area (Å²) >= 11 is 4.52. The van der Waals surface area contributed by atoms with Crippen molar-refractivity contribution < 1.29 is 17.2 Å². The minimum absolute atomic E-state index is 0.0456. The highest BCUT2D eigenvalue weighted by atomic mass is 79.9. The molecule has 0 aliphatic carbocycles. The molecule has 1 saturated heterocycles. The molecule has 142 valence electrons. The fourth-order valence-corrected chi connectivity index (χ4v) is 6.63. The molecule has 2 heterocycles. The molecule has 2 aromatic carbocycles. The summed E-state index contributed by atoms with van der Waals surface area (Å²) < 4.78 is 53.2. The Kier molecular flexibility index (Phi) is 5.02. The van der Waals surface area contributed by atoms with E-state index in [-0.39, 0.29) is 23.0 Å². The first-order valence-corrected chi connectivity index (χ1v) is 11.8. The van der Waals surface area contributed by atoms with Crippen LogP contribution in [-0.2, 0) is 15.6 Å². The van der Waals surface area contributed by atoms with Crippen LogP contribution in [-0.4, -0.2) is 37.2 Å². The number of benzene rings is 2. The zero-order valence-electron chi connectivity index (χ0n) is 14.0. The van der Waals surface area contributed by atoms with Crippen molar-refractivity contribution in [1.29, 1.82) is 0 Å². The second kappa shape index (κ2) is 7.18. The van der Waals surface area contributed by atoms with Crippen molar-refractivity contribution in [3.63, 3.8) is 0 Å². The van der Waals surface area contributed by atoms with Crippen LogP contribution in [0.3, 0.4) is 0 Å². The van der Waals surface area contributed by atoms with Gasteiger partial charge in [0.25, 0.3) is 0 Å². The first-order chi connectivity index (χ1) is 12.8. The highest BCUT2D eigenvalue weighted by Crippen LogP contribution is 2.37. The minimum Gasteiger partial charge on any atom is -0.312 e. The molecule has 27 heavy (non-hydrogen) atoms. The minimum atomic E-state index is -3.21. The van der Waals surface area contributed by atoms with Crippen LogP contribution in [0.2, 0.25) is 0 Å². The van der Waals surface area contributed by atoms with Gasteiger partial charge in [-0.2, -0.15) is 0 Å². The molecule has 1 fully saturated rings. The molecule has 0 spiro atoms. The van der Waals surface area contributed by atoms with E-state index in [1.165, 1.54) is 23.9 Å². The molecule has 2 atom stereocenters. The van der Waals surface area contributed by atoms with Gasteiger partial charge in [-0.05, 0) is 29.8 Å². The van der Waals surface area contributed by atoms with E-state index in [1.807, 2.05) is 0 Å². The van der Waals surface area contributed by atoms with E-state index in [9.17, 15) is 17.2 Å². The van der Waals surface area contributed by atoms with Crippen molar-refractivity contribution in [3.8, 4) is 0 Å². The van der Waals surface area contributed by atoms with Crippen LogP contribution in [0.25, 0.3) is 0 Å². The Hall–Kier alpha value is -1.45. The largest absolute Gasteiger partial charge is 0.312 e. The van der Waals surface area contributed by atoms with Gasteiger partial charge < -0.3 is 4.90 Å². The summed E-state index contributed by atoms with van der Waals surface area (Å²) in [4.78, 5) is 6.19. The molecule has 0 N–H and O–H groups in total. The van der Waals surface area contributed by atoms with Gasteiger partial charge in [-0.15, -0.1) is 0 Å². The number of hydrogen-bond donors (Lipinski definition) is 0. The Labute approximate surface area is 168 Å². The molecule has 2 aliphatic heterocycles. The van der Waals surface area contributed by atoms with Gasteiger partial charge in [0, 0.05) is 10.2 Å². The predicted octanol–water partition coefficient (Wildman–Crippen LogP) is 4.00. The van der Waals surface area contributed by atoms with E-state index in [2.05, 4.69) is 20.9 Å². The standard InChI is InChI=1S/C18H15BrF2N2O2S2/c19-12-5-6-16(14(21)7-12)23-17-10-27(24,25)9-15(17)22-18(23)26-8-11-3-1-2-4-13(11)20/h1-7,15,17H,8-10H2/t15-,17+/m0/s1. The lowest BCUT2D eigenvalue weighted by atomic mass is 10.1. The molecule has 0 radical (unpaired) electrons. The van der Waals surface area contributed by atoms with E-state index < -0.39 is 27.7 Å². The third-order valence-electron chi connectivity index (χ3n) is 4.59. The maximum Gasteiger partial charge on any atom is 0.164 e. The lowest BCUT2D eigenvalue weighted by molar-refractivity contribution is 0.600. The van der Waals surface area contributed by atoms with Crippen LogP contribution < -0.4 is 4.90 Å². The molecule has 0 amide bonds. The Balaban J connectivity index is 1.66. The number of rotatable bonds is 3. The first-order valence-electron chi connectivity index (χ1n) is 8.23. The van der Waals surface area contributed by atoms with E-state index in [1.54, 1.807) is 35.2 Å². The summed E-state index contributed by atoms with van der Waals surface area (Å²) in [6.07, 6.45) is 0. The van der Waals surface area contributed by atoms with Crippen molar-refractivity contribution in [2.24, 2.45) is 4.99 Å². The average molecular weight is 473 g/mol. The highest BCUT2D eigenvalue weighted by Gasteiger charge is 2.47. The molecular formula is C18H15BrF2N2O2S2. The maximum atomic E-state index is 14.6. The van der Waals surface area contributed by atoms with Crippen molar-refractivity contribution in [3.05, 3.63) is 64.1 Å². The smallest absolute Gasteiger partial charge is 0.164 e. The number of thioether (sulfide) groups is 1. The predicted molar refractivity (Wildman–Crippen MR) is 108 cm³/mol. The lowest BCUT2D eigenvalue weighted by Crippen LogP contribution is -2.39. The van der Waals surface area contributed by atoms with Crippen LogP contribution in [0.4, 0.5) is 14.5 Å². The molecule has 0 saturated carbocycles. The summed E-state index contributed by atoms with van der Waals surface area (Å²) in [5.41, 5.74) is 0.800. The van der Waals surface area contributed by atoms with Crippen molar-refractivity contribution in [1.82, 2.24) is 0 Å². The second-order valence-corrected chi connectivity index (χ2v) is 10.5. The molecule has 0 bridgehead atoms. The Bertz CT molecular complexity index is 1030. The molecule has 2 aliphatic rings. The molecular weight excluding hydrogens is 458 g/mol. The normalized spacial score (nSPS) is 23.4. The van der Waals surface area contributed by atoms with Gasteiger partial charge in [0.15, 0.2) is 15.0 Å². The number of fused-ring (bicyclic) bond motifs is 1. The SMILES string of the molecule is O=S1(=O)C[C@@H]2N=C(SCc3ccccc3F)N(c3ccc(Br)cc3F)[C@@H]2C1. The van der Waals surface area contributed by atoms with E-state index in [0.29, 0.717) is 21.0 Å². The van der Waals surface area contributed by atoms with Gasteiger partial charge in [0.05, 0.1) is 29.3 Å². The van der Waals surface area contributed by atoms with E-state index >= 15 is 0 Å². The molecule has 4 rings (SSSR count). The Morgan fingerprint density at radius 3 is 2.67 bits per heavy atom. The molecule has 2 aromatic rings. The molecule has 0 unspecified atom stereocenters. The molecule has 9 heteroatoms. The number of amidine groups is 1. The topological polar surface area (TPSA) is 49.7 Å². The van der Waals surface area contributed by atoms with Crippen LogP contribution in [0, 0.1) is 11.6 Å². The first kappa shape index (κ1) is 18.9. The number of sulfone groups is 1. The van der Waals surface area contributed by atoms with Gasteiger partial charge in [0.1, 0.15) is 11.6 Å². The monoisotopic (exact) mass is 472 g/mol. The summed E-state index contributed by atoms with van der Waals surface area (Å²) in [7, 11) is -3.21. The van der Waals surface area contributed by atoms with Crippen molar-refractivity contribution in [2.75, 3.05) is 16.4 Å². The van der Waals surface area contributed by atoms with E-state index in [0.717, 1.165) is 0 Å². The lowest BCUT2D eigenvalue weighted by Gasteiger charge is -2.27. The van der Waals surface area contributed by atoms with Gasteiger partial charge >= 0.3 is 0 Å². The zero-order chi connectivity index (χ0) is 19.2. The number of nitrogens with zero attached hydrogens (tertiary/aromatic N) is 2. The molecule has 0 aromatic heterocycles. The summed E-state index contributed by atoms with van der Waals surface area (Å²) in [6, 6.07) is 10.2. The number of aliphatic imine (C=N–C) groups is 1. The summed E-state index contributed by atoms with van der Waals surface area (Å²) in [6.45, 7) is 0. The number of halogens is 3. The van der Waals surface area contributed by atoms with Crippen LogP contribution in [0.5, 0.6) is 0 Å².